The van der Waals surface area contributed by atoms with E-state index in [0.717, 1.165) is 5.69 Å². The normalized spacial score (nSPS) is 12.2. The molecule has 0 fully saturated rings. The maximum atomic E-state index is 12.3. The first-order chi connectivity index (χ1) is 9.97. The van der Waals surface area contributed by atoms with Gasteiger partial charge in [0.1, 0.15) is 0 Å². The summed E-state index contributed by atoms with van der Waals surface area (Å²) in [7, 11) is 0. The van der Waals surface area contributed by atoms with Gasteiger partial charge < -0.3 is 16.0 Å². The van der Waals surface area contributed by atoms with Gasteiger partial charge >= 0.3 is 0 Å². The quantitative estimate of drug-likeness (QED) is 0.762. The van der Waals surface area contributed by atoms with Gasteiger partial charge in [0.05, 0.1) is 6.04 Å². The molecule has 5 nitrogen and oxygen atoms in total. The summed E-state index contributed by atoms with van der Waals surface area (Å²) in [5, 5.41) is 3.06. The van der Waals surface area contributed by atoms with Crippen LogP contribution in [0.25, 0.3) is 0 Å². The maximum absolute atomic E-state index is 12.3. The smallest absolute Gasteiger partial charge is 0.234 e. The molecule has 0 saturated carbocycles. The highest BCUT2D eigenvalue weighted by atomic mass is 16.2. The van der Waals surface area contributed by atoms with E-state index in [1.165, 1.54) is 0 Å². The van der Waals surface area contributed by atoms with E-state index < -0.39 is 6.04 Å². The van der Waals surface area contributed by atoms with Gasteiger partial charge in [0.25, 0.3) is 0 Å². The Balaban J connectivity index is 2.54. The van der Waals surface area contributed by atoms with Crippen LogP contribution < -0.4 is 16.0 Å². The lowest BCUT2D eigenvalue weighted by Gasteiger charge is -2.23. The number of para-hydroxylation sites is 1. The molecular formula is C16H25N3O2. The van der Waals surface area contributed by atoms with Crippen LogP contribution in [0.1, 0.15) is 27.2 Å². The minimum absolute atomic E-state index is 0.0307. The van der Waals surface area contributed by atoms with Crippen LogP contribution >= 0.6 is 0 Å². The molecule has 0 radical (unpaired) electrons. The van der Waals surface area contributed by atoms with E-state index in [1.54, 1.807) is 4.90 Å². The third kappa shape index (κ3) is 5.19. The number of hydrogen-bond acceptors (Lipinski definition) is 3. The molecule has 0 aliphatic heterocycles. The third-order valence-corrected chi connectivity index (χ3v) is 3.36. The van der Waals surface area contributed by atoms with Crippen molar-refractivity contribution in [3.63, 3.8) is 0 Å². The zero-order chi connectivity index (χ0) is 15.8. The fourth-order valence-electron chi connectivity index (χ4n) is 2.25. The van der Waals surface area contributed by atoms with E-state index in [1.807, 2.05) is 51.1 Å². The van der Waals surface area contributed by atoms with Crippen molar-refractivity contribution in [1.29, 1.82) is 0 Å². The monoisotopic (exact) mass is 291 g/mol. The number of rotatable bonds is 8. The zero-order valence-electron chi connectivity index (χ0n) is 13.0. The molecule has 0 aromatic heterocycles. The number of hydrogen-bond donors (Lipinski definition) is 2. The summed E-state index contributed by atoms with van der Waals surface area (Å²) in [5.74, 6) is -0.245. The topological polar surface area (TPSA) is 75.4 Å². The van der Waals surface area contributed by atoms with Crippen molar-refractivity contribution in [2.75, 3.05) is 18.0 Å². The van der Waals surface area contributed by atoms with Crippen molar-refractivity contribution in [3.8, 4) is 0 Å². The second-order valence-corrected chi connectivity index (χ2v) is 5.30. The number of carbonyl (C=O) groups is 2. The van der Waals surface area contributed by atoms with Gasteiger partial charge in [0, 0.05) is 25.2 Å². The van der Waals surface area contributed by atoms with E-state index in [9.17, 15) is 9.59 Å². The molecule has 0 heterocycles. The Labute approximate surface area is 126 Å². The lowest BCUT2D eigenvalue weighted by molar-refractivity contribution is -0.122. The van der Waals surface area contributed by atoms with E-state index in [2.05, 4.69) is 5.32 Å². The molecule has 0 bridgehead atoms. The molecular weight excluding hydrogens is 266 g/mol. The minimum atomic E-state index is -0.399. The van der Waals surface area contributed by atoms with Gasteiger partial charge in [0.2, 0.25) is 11.8 Å². The Hall–Kier alpha value is -1.88. The number of carbonyl (C=O) groups excluding carboxylic acids is 2. The van der Waals surface area contributed by atoms with Crippen LogP contribution in [0.2, 0.25) is 0 Å². The lowest BCUT2D eigenvalue weighted by Crippen LogP contribution is -2.46. The van der Waals surface area contributed by atoms with E-state index >= 15 is 0 Å². The molecule has 1 atom stereocenters. The van der Waals surface area contributed by atoms with Crippen LogP contribution in [0.15, 0.2) is 30.3 Å². The van der Waals surface area contributed by atoms with Crippen LogP contribution in [-0.4, -0.2) is 30.9 Å². The Morgan fingerprint density at radius 3 is 2.33 bits per heavy atom. The second-order valence-electron chi connectivity index (χ2n) is 5.30. The Morgan fingerprint density at radius 2 is 1.86 bits per heavy atom. The molecule has 1 aromatic rings. The van der Waals surface area contributed by atoms with Crippen LogP contribution in [0.3, 0.4) is 0 Å². The van der Waals surface area contributed by atoms with E-state index in [0.29, 0.717) is 19.5 Å². The van der Waals surface area contributed by atoms with Gasteiger partial charge in [0.15, 0.2) is 0 Å². The van der Waals surface area contributed by atoms with Crippen molar-refractivity contribution in [1.82, 2.24) is 5.32 Å². The molecule has 1 aromatic carbocycles. The predicted octanol–water partition coefficient (Wildman–Crippen LogP) is 1.53. The number of anilines is 1. The molecule has 2 amide bonds. The summed E-state index contributed by atoms with van der Waals surface area (Å²) in [6.07, 6.45) is 0.333. The Morgan fingerprint density at radius 1 is 1.24 bits per heavy atom. The fourth-order valence-corrected chi connectivity index (χ4v) is 2.25. The van der Waals surface area contributed by atoms with Gasteiger partial charge in [-0.15, -0.1) is 0 Å². The fraction of sp³-hybridized carbons (Fsp3) is 0.500. The molecule has 21 heavy (non-hydrogen) atoms. The third-order valence-electron chi connectivity index (χ3n) is 3.36. The maximum Gasteiger partial charge on any atom is 0.234 e. The van der Waals surface area contributed by atoms with Crippen LogP contribution in [-0.2, 0) is 9.59 Å². The number of nitrogens with zero attached hydrogens (tertiary/aromatic N) is 1. The molecule has 0 aliphatic rings. The number of benzene rings is 1. The lowest BCUT2D eigenvalue weighted by atomic mass is 10.0. The number of nitrogens with two attached hydrogens (primary N) is 1. The van der Waals surface area contributed by atoms with Crippen molar-refractivity contribution >= 4 is 17.5 Å². The van der Waals surface area contributed by atoms with Gasteiger partial charge in [-0.05, 0) is 25.0 Å². The van der Waals surface area contributed by atoms with Gasteiger partial charge in [-0.2, -0.15) is 0 Å². The van der Waals surface area contributed by atoms with Gasteiger partial charge in [-0.25, -0.2) is 0 Å². The SMILES string of the molecule is CCN(C(=O)CCN[C@H](C(N)=O)C(C)C)c1ccccc1. The largest absolute Gasteiger partial charge is 0.368 e. The van der Waals surface area contributed by atoms with Crippen molar-refractivity contribution in [2.24, 2.45) is 11.7 Å². The summed E-state index contributed by atoms with van der Waals surface area (Å²) < 4.78 is 0. The average Bonchev–Trinajstić information content (AvgIpc) is 2.44. The summed E-state index contributed by atoms with van der Waals surface area (Å²) in [4.78, 5) is 25.3. The molecule has 5 heteroatoms. The van der Waals surface area contributed by atoms with Crippen molar-refractivity contribution in [3.05, 3.63) is 30.3 Å². The van der Waals surface area contributed by atoms with E-state index in [-0.39, 0.29) is 17.7 Å². The first kappa shape index (κ1) is 17.2. The van der Waals surface area contributed by atoms with Crippen LogP contribution in [0.5, 0.6) is 0 Å². The zero-order valence-corrected chi connectivity index (χ0v) is 13.0. The van der Waals surface area contributed by atoms with Gasteiger partial charge in [-0.3, -0.25) is 9.59 Å². The predicted molar refractivity (Wildman–Crippen MR) is 84.9 cm³/mol. The highest BCUT2D eigenvalue weighted by Crippen LogP contribution is 2.13. The summed E-state index contributed by atoms with van der Waals surface area (Å²) >= 11 is 0. The molecule has 0 aliphatic carbocycles. The number of amides is 2. The first-order valence-electron chi connectivity index (χ1n) is 7.35. The molecule has 0 unspecified atom stereocenters. The number of primary amides is 1. The summed E-state index contributed by atoms with van der Waals surface area (Å²) in [6, 6.07) is 9.16. The minimum Gasteiger partial charge on any atom is -0.368 e. The number of nitrogens with one attached hydrogen (secondary N) is 1. The molecule has 0 spiro atoms. The van der Waals surface area contributed by atoms with E-state index in [4.69, 9.17) is 5.73 Å². The summed E-state index contributed by atoms with van der Waals surface area (Å²) in [6.45, 7) is 6.85. The molecule has 1 rings (SSSR count). The molecule has 116 valence electrons. The highest BCUT2D eigenvalue weighted by Gasteiger charge is 2.19. The second kappa shape index (κ2) is 8.42. The van der Waals surface area contributed by atoms with Crippen LogP contribution in [0.4, 0.5) is 5.69 Å². The van der Waals surface area contributed by atoms with Crippen molar-refractivity contribution in [2.45, 2.75) is 33.2 Å². The average molecular weight is 291 g/mol. The summed E-state index contributed by atoms with van der Waals surface area (Å²) in [5.41, 5.74) is 6.22. The Bertz CT molecular complexity index is 460. The molecule has 3 N–H and O–H groups in total. The standard InChI is InChI=1S/C16H25N3O2/c1-4-19(13-8-6-5-7-9-13)14(20)10-11-18-15(12(2)3)16(17)21/h5-9,12,15,18H,4,10-11H2,1-3H3,(H2,17,21)/t15-/m0/s1. The first-order valence-corrected chi connectivity index (χ1v) is 7.35. The molecule has 0 saturated heterocycles. The van der Waals surface area contributed by atoms with Crippen molar-refractivity contribution < 1.29 is 9.59 Å². The Kier molecular flexibility index (Phi) is 6.88. The highest BCUT2D eigenvalue weighted by molar-refractivity contribution is 5.93. The van der Waals surface area contributed by atoms with Crippen LogP contribution in [0, 0.1) is 5.92 Å². The van der Waals surface area contributed by atoms with Gasteiger partial charge in [-0.1, -0.05) is 32.0 Å².